The Hall–Kier alpha value is -2.09. The smallest absolute Gasteiger partial charge is 0.416 e. The number of hydrogen-bond donors (Lipinski definition) is 3. The lowest BCUT2D eigenvalue weighted by Crippen LogP contribution is -2.47. The van der Waals surface area contributed by atoms with Gasteiger partial charge >= 0.3 is 12.1 Å². The lowest BCUT2D eigenvalue weighted by Gasteiger charge is -2.18. The van der Waals surface area contributed by atoms with Crippen LogP contribution in [0.1, 0.15) is 30.4 Å². The van der Waals surface area contributed by atoms with Crippen LogP contribution in [-0.2, 0) is 15.8 Å². The molecule has 1 aliphatic carbocycles. The predicted octanol–water partition coefficient (Wildman–Crippen LogP) is 1.76. The van der Waals surface area contributed by atoms with Crippen LogP contribution in [0.4, 0.5) is 13.2 Å². The molecule has 1 aliphatic rings. The fourth-order valence-corrected chi connectivity index (χ4v) is 2.26. The Balaban J connectivity index is 1.97. The summed E-state index contributed by atoms with van der Waals surface area (Å²) in [6.45, 7) is 0.583. The number of carboxylic acid groups (broad SMARTS) is 1. The topological polar surface area (TPSA) is 86.6 Å². The number of halogens is 3. The average Bonchev–Trinajstić information content (AvgIpc) is 3.24. The zero-order valence-electron chi connectivity index (χ0n) is 12.2. The van der Waals surface area contributed by atoms with E-state index in [4.69, 9.17) is 5.11 Å². The quantitative estimate of drug-likeness (QED) is 0.767. The number of alkyl halides is 3. The van der Waals surface area contributed by atoms with Crippen molar-refractivity contribution in [1.29, 1.82) is 0 Å². The molecule has 0 bridgehead atoms. The van der Waals surface area contributed by atoms with E-state index in [1.807, 2.05) is 0 Å². The molecule has 8 heteroatoms. The maximum absolute atomic E-state index is 12.7. The van der Waals surface area contributed by atoms with E-state index in [9.17, 15) is 27.9 Å². The third kappa shape index (κ3) is 4.01. The third-order valence-electron chi connectivity index (χ3n) is 3.84. The maximum atomic E-state index is 12.7. The number of hydrogen-bond acceptors (Lipinski definition) is 3. The molecule has 0 heterocycles. The van der Waals surface area contributed by atoms with Crippen molar-refractivity contribution in [2.45, 2.75) is 31.0 Å². The third-order valence-corrected chi connectivity index (χ3v) is 3.84. The van der Waals surface area contributed by atoms with Crippen molar-refractivity contribution in [1.82, 2.24) is 5.32 Å². The van der Waals surface area contributed by atoms with E-state index in [1.165, 1.54) is 12.1 Å². The van der Waals surface area contributed by atoms with E-state index in [-0.39, 0.29) is 5.92 Å². The van der Waals surface area contributed by atoms with Gasteiger partial charge in [0.2, 0.25) is 5.91 Å². The van der Waals surface area contributed by atoms with Crippen LogP contribution in [-0.4, -0.2) is 34.2 Å². The average molecular weight is 331 g/mol. The Kier molecular flexibility index (Phi) is 4.39. The van der Waals surface area contributed by atoms with Gasteiger partial charge in [-0.3, -0.25) is 4.79 Å². The van der Waals surface area contributed by atoms with Gasteiger partial charge in [-0.25, -0.2) is 4.79 Å². The number of rotatable bonds is 5. The first-order valence-corrected chi connectivity index (χ1v) is 6.93. The number of carbonyl (C=O) groups excluding carboxylic acids is 1. The molecule has 3 N–H and O–H groups in total. The van der Waals surface area contributed by atoms with Crippen LogP contribution >= 0.6 is 0 Å². The molecule has 5 nitrogen and oxygen atoms in total. The highest BCUT2D eigenvalue weighted by atomic mass is 19.4. The minimum atomic E-state index is -4.44. The van der Waals surface area contributed by atoms with Gasteiger partial charge in [0.05, 0.1) is 12.1 Å². The molecular formula is C15H16F3NO4. The Morgan fingerprint density at radius 1 is 1.35 bits per heavy atom. The van der Waals surface area contributed by atoms with Gasteiger partial charge in [0.15, 0.2) is 5.60 Å². The van der Waals surface area contributed by atoms with Crippen LogP contribution in [0.25, 0.3) is 0 Å². The summed E-state index contributed by atoms with van der Waals surface area (Å²) in [5.74, 6) is -2.79. The molecule has 1 amide bonds. The lowest BCUT2D eigenvalue weighted by molar-refractivity contribution is -0.156. The van der Waals surface area contributed by atoms with Gasteiger partial charge in [-0.1, -0.05) is 18.2 Å². The van der Waals surface area contributed by atoms with Gasteiger partial charge in [-0.05, 0) is 30.9 Å². The van der Waals surface area contributed by atoms with Crippen molar-refractivity contribution in [3.63, 3.8) is 0 Å². The van der Waals surface area contributed by atoms with Gasteiger partial charge in [0.25, 0.3) is 0 Å². The van der Waals surface area contributed by atoms with Gasteiger partial charge in [0.1, 0.15) is 0 Å². The zero-order chi connectivity index (χ0) is 17.4. The van der Waals surface area contributed by atoms with Crippen LogP contribution in [0.3, 0.4) is 0 Å². The first-order valence-electron chi connectivity index (χ1n) is 6.93. The molecule has 2 rings (SSSR count). The fraction of sp³-hybridized carbons (Fsp3) is 0.467. The van der Waals surface area contributed by atoms with Gasteiger partial charge in [-0.2, -0.15) is 13.2 Å². The highest BCUT2D eigenvalue weighted by Crippen LogP contribution is 2.48. The largest absolute Gasteiger partial charge is 0.479 e. The standard InChI is InChI=1S/C15H16F3NO4/c1-14(23,13(21)22)7-19-12(20)11-6-10(11)8-3-2-4-9(5-8)15(16,17)18/h2-5,10-11,23H,6-7H2,1H3,(H,19,20)(H,21,22). The second-order valence-electron chi connectivity index (χ2n) is 5.87. The van der Waals surface area contributed by atoms with Crippen LogP contribution in [0.5, 0.6) is 0 Å². The fourth-order valence-electron chi connectivity index (χ4n) is 2.26. The minimum absolute atomic E-state index is 0.327. The summed E-state index contributed by atoms with van der Waals surface area (Å²) in [6.07, 6.45) is -4.05. The van der Waals surface area contributed by atoms with Gasteiger partial charge < -0.3 is 15.5 Å². The summed E-state index contributed by atoms with van der Waals surface area (Å²) in [5, 5.41) is 20.6. The van der Waals surface area contributed by atoms with Crippen LogP contribution < -0.4 is 5.32 Å². The molecule has 3 atom stereocenters. The predicted molar refractivity (Wildman–Crippen MR) is 73.6 cm³/mol. The molecule has 3 unspecified atom stereocenters. The first-order chi connectivity index (χ1) is 10.5. The van der Waals surface area contributed by atoms with Gasteiger partial charge in [0, 0.05) is 5.92 Å². The summed E-state index contributed by atoms with van der Waals surface area (Å²) < 4.78 is 38.0. The SMILES string of the molecule is CC(O)(CNC(=O)C1CC1c1cccc(C(F)(F)F)c1)C(=O)O. The first kappa shape index (κ1) is 17.3. The second kappa shape index (κ2) is 5.84. The summed E-state index contributed by atoms with van der Waals surface area (Å²) >= 11 is 0. The van der Waals surface area contributed by atoms with Crippen LogP contribution in [0.15, 0.2) is 24.3 Å². The molecule has 1 saturated carbocycles. The molecule has 1 aromatic carbocycles. The number of benzene rings is 1. The molecule has 23 heavy (non-hydrogen) atoms. The molecule has 0 radical (unpaired) electrons. The van der Waals surface area contributed by atoms with Crippen molar-refractivity contribution in [3.05, 3.63) is 35.4 Å². The van der Waals surface area contributed by atoms with E-state index in [0.717, 1.165) is 19.1 Å². The summed E-state index contributed by atoms with van der Waals surface area (Å²) in [5.41, 5.74) is -2.43. The number of aliphatic hydroxyl groups is 1. The monoisotopic (exact) mass is 331 g/mol. The van der Waals surface area contributed by atoms with Crippen molar-refractivity contribution in [2.24, 2.45) is 5.92 Å². The summed E-state index contributed by atoms with van der Waals surface area (Å²) in [7, 11) is 0. The normalized spacial score (nSPS) is 23.0. The second-order valence-corrected chi connectivity index (χ2v) is 5.87. The number of carboxylic acids is 1. The molecule has 1 fully saturated rings. The Morgan fingerprint density at radius 3 is 2.57 bits per heavy atom. The highest BCUT2D eigenvalue weighted by Gasteiger charge is 2.45. The molecule has 0 spiro atoms. The Labute approximate surface area is 130 Å². The summed E-state index contributed by atoms with van der Waals surface area (Å²) in [6, 6.07) is 4.80. The molecule has 0 aromatic heterocycles. The molecule has 1 aromatic rings. The van der Waals surface area contributed by atoms with Crippen molar-refractivity contribution < 1.29 is 33.0 Å². The van der Waals surface area contributed by atoms with E-state index >= 15 is 0 Å². The van der Waals surface area contributed by atoms with E-state index in [1.54, 1.807) is 0 Å². The Bertz CT molecular complexity index is 627. The van der Waals surface area contributed by atoms with E-state index < -0.39 is 41.7 Å². The van der Waals surface area contributed by atoms with Crippen LogP contribution in [0.2, 0.25) is 0 Å². The van der Waals surface area contributed by atoms with Crippen molar-refractivity contribution >= 4 is 11.9 Å². The minimum Gasteiger partial charge on any atom is -0.479 e. The molecule has 0 aliphatic heterocycles. The van der Waals surface area contributed by atoms with Crippen molar-refractivity contribution in [2.75, 3.05) is 6.54 Å². The molecular weight excluding hydrogens is 315 g/mol. The van der Waals surface area contributed by atoms with Crippen LogP contribution in [0, 0.1) is 5.92 Å². The molecule has 0 saturated heterocycles. The Morgan fingerprint density at radius 2 is 2.00 bits per heavy atom. The zero-order valence-corrected chi connectivity index (χ0v) is 12.2. The summed E-state index contributed by atoms with van der Waals surface area (Å²) in [4.78, 5) is 22.6. The van der Waals surface area contributed by atoms with Gasteiger partial charge in [-0.15, -0.1) is 0 Å². The maximum Gasteiger partial charge on any atom is 0.416 e. The number of aliphatic carboxylic acids is 1. The van der Waals surface area contributed by atoms with E-state index in [0.29, 0.717) is 12.0 Å². The number of nitrogens with one attached hydrogen (secondary N) is 1. The van der Waals surface area contributed by atoms with E-state index in [2.05, 4.69) is 5.32 Å². The highest BCUT2D eigenvalue weighted by molar-refractivity contribution is 5.84. The molecule has 126 valence electrons. The van der Waals surface area contributed by atoms with Crippen molar-refractivity contribution in [3.8, 4) is 0 Å². The number of amides is 1. The number of carbonyl (C=O) groups is 2. The lowest BCUT2D eigenvalue weighted by atomic mass is 10.0.